The van der Waals surface area contributed by atoms with E-state index in [1.54, 1.807) is 0 Å². The number of aryl methyl sites for hydroxylation is 1. The van der Waals surface area contributed by atoms with Gasteiger partial charge in [0.1, 0.15) is 6.10 Å². The number of aliphatic hydroxyl groups excluding tert-OH is 1. The number of unbranched alkanes of at least 4 members (excludes halogenated alkanes) is 1. The fourth-order valence-corrected chi connectivity index (χ4v) is 1.95. The number of rotatable bonds is 11. The van der Waals surface area contributed by atoms with E-state index in [9.17, 15) is 5.11 Å². The van der Waals surface area contributed by atoms with Gasteiger partial charge in [0.2, 0.25) is 0 Å². The zero-order valence-electron chi connectivity index (χ0n) is 12.8. The molecule has 0 bridgehead atoms. The van der Waals surface area contributed by atoms with E-state index in [4.69, 9.17) is 9.47 Å². The SMILES string of the molecule is CCCCOCCOCC(O)c1ccc(CCC)cc1. The Bertz CT molecular complexity index is 335. The summed E-state index contributed by atoms with van der Waals surface area (Å²) >= 11 is 0. The first-order valence-electron chi connectivity index (χ1n) is 7.70. The molecule has 0 aliphatic carbocycles. The summed E-state index contributed by atoms with van der Waals surface area (Å²) in [5.74, 6) is 0. The maximum Gasteiger partial charge on any atom is 0.102 e. The third kappa shape index (κ3) is 7.04. The average Bonchev–Trinajstić information content (AvgIpc) is 2.47. The van der Waals surface area contributed by atoms with Gasteiger partial charge in [-0.15, -0.1) is 0 Å². The molecule has 0 heterocycles. The van der Waals surface area contributed by atoms with Crippen molar-refractivity contribution in [2.24, 2.45) is 0 Å². The summed E-state index contributed by atoms with van der Waals surface area (Å²) in [7, 11) is 0. The molecule has 0 aliphatic heterocycles. The van der Waals surface area contributed by atoms with Crippen LogP contribution in [0.15, 0.2) is 24.3 Å². The Morgan fingerprint density at radius 3 is 2.30 bits per heavy atom. The highest BCUT2D eigenvalue weighted by Crippen LogP contribution is 2.15. The van der Waals surface area contributed by atoms with Gasteiger partial charge < -0.3 is 14.6 Å². The second-order valence-electron chi connectivity index (χ2n) is 5.05. The minimum absolute atomic E-state index is 0.324. The maximum absolute atomic E-state index is 10.0. The van der Waals surface area contributed by atoms with Crippen LogP contribution in [-0.2, 0) is 15.9 Å². The van der Waals surface area contributed by atoms with Crippen LogP contribution in [0.4, 0.5) is 0 Å². The number of hydrogen-bond acceptors (Lipinski definition) is 3. The van der Waals surface area contributed by atoms with Crippen LogP contribution < -0.4 is 0 Å². The summed E-state index contributed by atoms with van der Waals surface area (Å²) in [4.78, 5) is 0. The zero-order chi connectivity index (χ0) is 14.6. The van der Waals surface area contributed by atoms with Gasteiger partial charge in [-0.1, -0.05) is 51.0 Å². The summed E-state index contributed by atoms with van der Waals surface area (Å²) in [5, 5.41) is 10.0. The first-order chi connectivity index (χ1) is 9.77. The third-order valence-electron chi connectivity index (χ3n) is 3.19. The van der Waals surface area contributed by atoms with Crippen LogP contribution in [0.3, 0.4) is 0 Å². The molecule has 20 heavy (non-hydrogen) atoms. The lowest BCUT2D eigenvalue weighted by atomic mass is 10.0. The van der Waals surface area contributed by atoms with E-state index in [2.05, 4.69) is 26.0 Å². The number of ether oxygens (including phenoxy) is 2. The standard InChI is InChI=1S/C17H28O3/c1-3-5-11-19-12-13-20-14-17(18)16-9-7-15(6-4-2)8-10-16/h7-10,17-18H,3-6,11-14H2,1-2H3. The van der Waals surface area contributed by atoms with E-state index in [-0.39, 0.29) is 0 Å². The molecule has 0 amide bonds. The molecular formula is C17H28O3. The van der Waals surface area contributed by atoms with E-state index in [1.807, 2.05) is 12.1 Å². The van der Waals surface area contributed by atoms with Gasteiger partial charge in [-0.2, -0.15) is 0 Å². The van der Waals surface area contributed by atoms with Crippen LogP contribution in [0.5, 0.6) is 0 Å². The summed E-state index contributed by atoms with van der Waals surface area (Å²) in [6, 6.07) is 8.12. The minimum atomic E-state index is -0.554. The average molecular weight is 280 g/mol. The van der Waals surface area contributed by atoms with Crippen molar-refractivity contribution >= 4 is 0 Å². The lowest BCUT2D eigenvalue weighted by molar-refractivity contribution is 0.00274. The third-order valence-corrected chi connectivity index (χ3v) is 3.19. The largest absolute Gasteiger partial charge is 0.386 e. The molecule has 1 aromatic carbocycles. The van der Waals surface area contributed by atoms with Crippen LogP contribution in [0.1, 0.15) is 50.3 Å². The fraction of sp³-hybridized carbons (Fsp3) is 0.647. The molecule has 0 fully saturated rings. The zero-order valence-corrected chi connectivity index (χ0v) is 12.8. The van der Waals surface area contributed by atoms with Gasteiger partial charge in [0.25, 0.3) is 0 Å². The topological polar surface area (TPSA) is 38.7 Å². The quantitative estimate of drug-likeness (QED) is 0.630. The first kappa shape index (κ1) is 17.2. The summed E-state index contributed by atoms with van der Waals surface area (Å²) in [5.41, 5.74) is 2.23. The molecule has 0 aliphatic rings. The highest BCUT2D eigenvalue weighted by atomic mass is 16.5. The van der Waals surface area contributed by atoms with Gasteiger partial charge in [-0.25, -0.2) is 0 Å². The van der Waals surface area contributed by atoms with Gasteiger partial charge in [0.15, 0.2) is 0 Å². The summed E-state index contributed by atoms with van der Waals surface area (Å²) in [6.45, 7) is 6.56. The predicted octanol–water partition coefficient (Wildman–Crippen LogP) is 3.51. The molecule has 0 radical (unpaired) electrons. The predicted molar refractivity (Wildman–Crippen MR) is 81.9 cm³/mol. The molecule has 0 aromatic heterocycles. The normalized spacial score (nSPS) is 12.6. The molecule has 1 unspecified atom stereocenters. The van der Waals surface area contributed by atoms with Gasteiger partial charge in [0.05, 0.1) is 19.8 Å². The smallest absolute Gasteiger partial charge is 0.102 e. The van der Waals surface area contributed by atoms with Crippen molar-refractivity contribution in [3.63, 3.8) is 0 Å². The lowest BCUT2D eigenvalue weighted by Gasteiger charge is -2.12. The van der Waals surface area contributed by atoms with Crippen molar-refractivity contribution in [3.05, 3.63) is 35.4 Å². The van der Waals surface area contributed by atoms with E-state index in [0.29, 0.717) is 19.8 Å². The number of aliphatic hydroxyl groups is 1. The van der Waals surface area contributed by atoms with Crippen LogP contribution in [0.2, 0.25) is 0 Å². The molecule has 1 aromatic rings. The number of benzene rings is 1. The van der Waals surface area contributed by atoms with Crippen LogP contribution in [0.25, 0.3) is 0 Å². The van der Waals surface area contributed by atoms with Crippen molar-refractivity contribution in [2.45, 2.75) is 45.6 Å². The summed E-state index contributed by atoms with van der Waals surface area (Å²) < 4.78 is 10.8. The molecule has 0 saturated carbocycles. The minimum Gasteiger partial charge on any atom is -0.386 e. The van der Waals surface area contributed by atoms with Gasteiger partial charge in [-0.05, 0) is 24.0 Å². The highest BCUT2D eigenvalue weighted by molar-refractivity contribution is 5.24. The molecule has 114 valence electrons. The molecule has 1 rings (SSSR count). The van der Waals surface area contributed by atoms with E-state index < -0.39 is 6.10 Å². The Hall–Kier alpha value is -0.900. The van der Waals surface area contributed by atoms with Crippen molar-refractivity contribution in [1.29, 1.82) is 0 Å². The second kappa shape index (κ2) is 10.8. The van der Waals surface area contributed by atoms with Crippen molar-refractivity contribution in [3.8, 4) is 0 Å². The number of hydrogen-bond donors (Lipinski definition) is 1. The molecule has 3 nitrogen and oxygen atoms in total. The lowest BCUT2D eigenvalue weighted by Crippen LogP contribution is -2.11. The Kier molecular flexibility index (Phi) is 9.29. The maximum atomic E-state index is 10.0. The molecule has 0 spiro atoms. The molecule has 1 N–H and O–H groups in total. The highest BCUT2D eigenvalue weighted by Gasteiger charge is 2.07. The van der Waals surface area contributed by atoms with Crippen molar-refractivity contribution < 1.29 is 14.6 Å². The molecule has 1 atom stereocenters. The van der Waals surface area contributed by atoms with Crippen LogP contribution in [0, 0.1) is 0 Å². The fourth-order valence-electron chi connectivity index (χ4n) is 1.95. The molecule has 3 heteroatoms. The first-order valence-corrected chi connectivity index (χ1v) is 7.70. The van der Waals surface area contributed by atoms with Gasteiger partial charge in [0, 0.05) is 6.61 Å². The van der Waals surface area contributed by atoms with E-state index in [1.165, 1.54) is 5.56 Å². The Morgan fingerprint density at radius 1 is 0.950 bits per heavy atom. The van der Waals surface area contributed by atoms with Crippen molar-refractivity contribution in [2.75, 3.05) is 26.4 Å². The monoisotopic (exact) mass is 280 g/mol. The Labute approximate surface area is 122 Å². The summed E-state index contributed by atoms with van der Waals surface area (Å²) in [6.07, 6.45) is 3.91. The Balaban J connectivity index is 2.17. The Morgan fingerprint density at radius 2 is 1.65 bits per heavy atom. The molecular weight excluding hydrogens is 252 g/mol. The second-order valence-corrected chi connectivity index (χ2v) is 5.05. The molecule has 0 saturated heterocycles. The van der Waals surface area contributed by atoms with E-state index in [0.717, 1.165) is 37.9 Å². The van der Waals surface area contributed by atoms with Crippen molar-refractivity contribution in [1.82, 2.24) is 0 Å². The van der Waals surface area contributed by atoms with Gasteiger partial charge in [-0.3, -0.25) is 0 Å². The van der Waals surface area contributed by atoms with Gasteiger partial charge >= 0.3 is 0 Å². The van der Waals surface area contributed by atoms with E-state index >= 15 is 0 Å². The van der Waals surface area contributed by atoms with Crippen LogP contribution in [-0.4, -0.2) is 31.5 Å². The van der Waals surface area contributed by atoms with Crippen LogP contribution >= 0.6 is 0 Å².